The van der Waals surface area contributed by atoms with E-state index in [-0.39, 0.29) is 0 Å². The predicted octanol–water partition coefficient (Wildman–Crippen LogP) is 3.52. The standard InChI is InChI=1S/C21H26ClN3O3/c1-26-19-9-6-17(20(27-2)21(19)28-3)14-23-25-12-10-24(11-13-25)15-16-4-7-18(22)8-5-16/h4-9,14H,10-13,15H2,1-3H3/b23-14+. The highest BCUT2D eigenvalue weighted by Crippen LogP contribution is 2.39. The molecule has 0 amide bonds. The van der Waals surface area contributed by atoms with Gasteiger partial charge in [-0.25, -0.2) is 0 Å². The van der Waals surface area contributed by atoms with Crippen LogP contribution in [0.25, 0.3) is 0 Å². The molecule has 6 nitrogen and oxygen atoms in total. The Kier molecular flexibility index (Phi) is 7.01. The molecule has 0 bridgehead atoms. The van der Waals surface area contributed by atoms with Crippen LogP contribution in [0, 0.1) is 0 Å². The summed E-state index contributed by atoms with van der Waals surface area (Å²) in [4.78, 5) is 2.42. The summed E-state index contributed by atoms with van der Waals surface area (Å²) in [7, 11) is 4.82. The lowest BCUT2D eigenvalue weighted by Crippen LogP contribution is -2.43. The predicted molar refractivity (Wildman–Crippen MR) is 112 cm³/mol. The second-order valence-electron chi connectivity index (χ2n) is 6.52. The van der Waals surface area contributed by atoms with Crippen LogP contribution < -0.4 is 14.2 Å². The van der Waals surface area contributed by atoms with E-state index in [9.17, 15) is 0 Å². The Bertz CT molecular complexity index is 803. The fraction of sp³-hybridized carbons (Fsp3) is 0.381. The number of halogens is 1. The molecule has 1 fully saturated rings. The summed E-state index contributed by atoms with van der Waals surface area (Å²) < 4.78 is 16.3. The molecule has 0 N–H and O–H groups in total. The molecule has 0 radical (unpaired) electrons. The molecule has 0 atom stereocenters. The topological polar surface area (TPSA) is 46.5 Å². The zero-order chi connectivity index (χ0) is 19.9. The maximum Gasteiger partial charge on any atom is 0.203 e. The molecular formula is C21H26ClN3O3. The summed E-state index contributed by atoms with van der Waals surface area (Å²) in [5.41, 5.74) is 2.13. The van der Waals surface area contributed by atoms with E-state index in [4.69, 9.17) is 25.8 Å². The van der Waals surface area contributed by atoms with E-state index >= 15 is 0 Å². The highest BCUT2D eigenvalue weighted by molar-refractivity contribution is 6.30. The number of ether oxygens (including phenoxy) is 3. The van der Waals surface area contributed by atoms with Crippen molar-refractivity contribution < 1.29 is 14.2 Å². The summed E-state index contributed by atoms with van der Waals surface area (Å²) >= 11 is 5.96. The number of hydrazone groups is 1. The van der Waals surface area contributed by atoms with Gasteiger partial charge in [-0.05, 0) is 29.8 Å². The van der Waals surface area contributed by atoms with Crippen molar-refractivity contribution in [2.45, 2.75) is 6.54 Å². The molecule has 7 heteroatoms. The fourth-order valence-corrected chi connectivity index (χ4v) is 3.35. The van der Waals surface area contributed by atoms with Crippen LogP contribution in [0.2, 0.25) is 5.02 Å². The number of hydrogen-bond acceptors (Lipinski definition) is 6. The lowest BCUT2D eigenvalue weighted by molar-refractivity contribution is 0.131. The van der Waals surface area contributed by atoms with Crippen molar-refractivity contribution in [1.82, 2.24) is 9.91 Å². The van der Waals surface area contributed by atoms with Crippen molar-refractivity contribution in [1.29, 1.82) is 0 Å². The molecule has 0 aromatic heterocycles. The van der Waals surface area contributed by atoms with Crippen molar-refractivity contribution in [3.63, 3.8) is 0 Å². The molecular weight excluding hydrogens is 378 g/mol. The van der Waals surface area contributed by atoms with Gasteiger partial charge in [0.2, 0.25) is 5.75 Å². The van der Waals surface area contributed by atoms with Crippen molar-refractivity contribution >= 4 is 17.8 Å². The summed E-state index contributed by atoms with van der Waals surface area (Å²) in [6.07, 6.45) is 1.82. The van der Waals surface area contributed by atoms with E-state index in [1.807, 2.05) is 30.5 Å². The Balaban J connectivity index is 1.60. The minimum Gasteiger partial charge on any atom is -0.493 e. The Labute approximate surface area is 171 Å². The number of benzene rings is 2. The van der Waals surface area contributed by atoms with Gasteiger partial charge in [0, 0.05) is 43.3 Å². The average Bonchev–Trinajstić information content (AvgIpc) is 2.74. The third-order valence-corrected chi connectivity index (χ3v) is 5.01. The lowest BCUT2D eigenvalue weighted by atomic mass is 10.2. The van der Waals surface area contributed by atoms with Gasteiger partial charge < -0.3 is 14.2 Å². The molecule has 2 aromatic rings. The molecule has 150 valence electrons. The molecule has 1 aliphatic rings. The van der Waals surface area contributed by atoms with Gasteiger partial charge in [0.15, 0.2) is 11.5 Å². The number of methoxy groups -OCH3 is 3. The van der Waals surface area contributed by atoms with Crippen LogP contribution in [0.5, 0.6) is 17.2 Å². The van der Waals surface area contributed by atoms with Crippen molar-refractivity contribution in [2.24, 2.45) is 5.10 Å². The van der Waals surface area contributed by atoms with Crippen LogP contribution in [-0.2, 0) is 6.54 Å². The van der Waals surface area contributed by atoms with Crippen LogP contribution >= 0.6 is 11.6 Å². The first kappa shape index (κ1) is 20.3. The Morgan fingerprint density at radius 3 is 2.18 bits per heavy atom. The van der Waals surface area contributed by atoms with E-state index in [2.05, 4.69) is 27.1 Å². The monoisotopic (exact) mass is 403 g/mol. The summed E-state index contributed by atoms with van der Waals surface area (Å²) in [5.74, 6) is 1.82. The van der Waals surface area contributed by atoms with Crippen molar-refractivity contribution in [3.05, 3.63) is 52.5 Å². The Morgan fingerprint density at radius 2 is 1.57 bits per heavy atom. The largest absolute Gasteiger partial charge is 0.493 e. The lowest BCUT2D eigenvalue weighted by Gasteiger charge is -2.33. The second kappa shape index (κ2) is 9.66. The molecule has 0 aliphatic carbocycles. The number of rotatable bonds is 7. The van der Waals surface area contributed by atoms with Crippen molar-refractivity contribution in [3.8, 4) is 17.2 Å². The van der Waals surface area contributed by atoms with E-state index < -0.39 is 0 Å². The van der Waals surface area contributed by atoms with E-state index in [0.717, 1.165) is 43.3 Å². The van der Waals surface area contributed by atoms with Crippen LogP contribution in [-0.4, -0.2) is 63.6 Å². The first-order chi connectivity index (χ1) is 13.6. The SMILES string of the molecule is COc1ccc(/C=N/N2CCN(Cc3ccc(Cl)cc3)CC2)c(OC)c1OC. The van der Waals surface area contributed by atoms with E-state index in [1.54, 1.807) is 21.3 Å². The van der Waals surface area contributed by atoms with Crippen LogP contribution in [0.1, 0.15) is 11.1 Å². The van der Waals surface area contributed by atoms with Gasteiger partial charge in [0.25, 0.3) is 0 Å². The minimum absolute atomic E-state index is 0.571. The minimum atomic E-state index is 0.571. The molecule has 0 saturated carbocycles. The zero-order valence-electron chi connectivity index (χ0n) is 16.5. The summed E-state index contributed by atoms with van der Waals surface area (Å²) in [5, 5.41) is 7.48. The van der Waals surface area contributed by atoms with Crippen LogP contribution in [0.15, 0.2) is 41.5 Å². The van der Waals surface area contributed by atoms with Gasteiger partial charge in [-0.3, -0.25) is 9.91 Å². The van der Waals surface area contributed by atoms with Crippen molar-refractivity contribution in [2.75, 3.05) is 47.5 Å². The molecule has 0 spiro atoms. The smallest absolute Gasteiger partial charge is 0.203 e. The Morgan fingerprint density at radius 1 is 0.893 bits per heavy atom. The molecule has 28 heavy (non-hydrogen) atoms. The van der Waals surface area contributed by atoms with E-state index in [0.29, 0.717) is 17.2 Å². The molecule has 1 aliphatic heterocycles. The van der Waals surface area contributed by atoms with Gasteiger partial charge in [-0.15, -0.1) is 0 Å². The zero-order valence-corrected chi connectivity index (χ0v) is 17.3. The van der Waals surface area contributed by atoms with E-state index in [1.165, 1.54) is 5.56 Å². The van der Waals surface area contributed by atoms with Crippen LogP contribution in [0.3, 0.4) is 0 Å². The Hall–Kier alpha value is -2.44. The van der Waals surface area contributed by atoms with Gasteiger partial charge in [-0.2, -0.15) is 5.10 Å². The van der Waals surface area contributed by atoms with Crippen LogP contribution in [0.4, 0.5) is 0 Å². The number of hydrogen-bond donors (Lipinski definition) is 0. The molecule has 1 saturated heterocycles. The highest BCUT2D eigenvalue weighted by Gasteiger charge is 2.17. The third kappa shape index (κ3) is 4.88. The molecule has 3 rings (SSSR count). The fourth-order valence-electron chi connectivity index (χ4n) is 3.23. The summed E-state index contributed by atoms with van der Waals surface area (Å²) in [6.45, 7) is 4.60. The maximum absolute atomic E-state index is 5.96. The highest BCUT2D eigenvalue weighted by atomic mass is 35.5. The van der Waals surface area contributed by atoms with Gasteiger partial charge in [0.1, 0.15) is 0 Å². The van der Waals surface area contributed by atoms with Gasteiger partial charge in [0.05, 0.1) is 27.5 Å². The average molecular weight is 404 g/mol. The van der Waals surface area contributed by atoms with Gasteiger partial charge in [-0.1, -0.05) is 23.7 Å². The van der Waals surface area contributed by atoms with Gasteiger partial charge >= 0.3 is 0 Å². The third-order valence-electron chi connectivity index (χ3n) is 4.76. The summed E-state index contributed by atoms with van der Waals surface area (Å²) in [6, 6.07) is 11.8. The molecule has 2 aromatic carbocycles. The molecule has 1 heterocycles. The first-order valence-corrected chi connectivity index (χ1v) is 9.57. The second-order valence-corrected chi connectivity index (χ2v) is 6.96. The maximum atomic E-state index is 5.96. The first-order valence-electron chi connectivity index (χ1n) is 9.19. The normalized spacial score (nSPS) is 15.1. The quantitative estimate of drug-likeness (QED) is 0.662. The number of piperazine rings is 1. The molecule has 0 unspecified atom stereocenters. The number of nitrogens with zero attached hydrogens (tertiary/aromatic N) is 3.